The molecule has 31 heavy (non-hydrogen) atoms. The number of aromatic nitrogens is 1. The fraction of sp³-hybridized carbons (Fsp3) is 0.565. The number of halogens is 1. The molecule has 6 nitrogen and oxygen atoms in total. The van der Waals surface area contributed by atoms with Crippen molar-refractivity contribution in [1.82, 2.24) is 20.5 Å². The molecule has 0 bridgehead atoms. The Morgan fingerprint density at radius 2 is 2.13 bits per heavy atom. The van der Waals surface area contributed by atoms with Crippen molar-refractivity contribution < 1.29 is 9.13 Å². The van der Waals surface area contributed by atoms with E-state index in [4.69, 9.17) is 9.73 Å². The van der Waals surface area contributed by atoms with Gasteiger partial charge in [0.2, 0.25) is 0 Å². The number of rotatable bonds is 9. The van der Waals surface area contributed by atoms with Gasteiger partial charge < -0.3 is 15.4 Å². The molecule has 8 heteroatoms. The number of aryl methyl sites for hydroxylation is 1. The molecule has 1 aromatic heterocycles. The van der Waals surface area contributed by atoms with Gasteiger partial charge >= 0.3 is 0 Å². The van der Waals surface area contributed by atoms with Gasteiger partial charge in [0.15, 0.2) is 17.5 Å². The third kappa shape index (κ3) is 7.18. The predicted molar refractivity (Wildman–Crippen MR) is 126 cm³/mol. The molecule has 2 N–H and O–H groups in total. The molecule has 0 atom stereocenters. The highest BCUT2D eigenvalue weighted by Gasteiger charge is 2.20. The first-order chi connectivity index (χ1) is 15.1. The number of aliphatic imine (C=N–C) groups is 1. The van der Waals surface area contributed by atoms with Crippen LogP contribution in [0.4, 0.5) is 4.39 Å². The van der Waals surface area contributed by atoms with Crippen molar-refractivity contribution in [3.63, 3.8) is 0 Å². The Labute approximate surface area is 188 Å². The molecule has 0 unspecified atom stereocenters. The Balaban J connectivity index is 1.45. The summed E-state index contributed by atoms with van der Waals surface area (Å²) in [5, 5.41) is 8.09. The maximum absolute atomic E-state index is 13.9. The number of benzene rings is 1. The van der Waals surface area contributed by atoms with Gasteiger partial charge in [0.25, 0.3) is 0 Å². The fourth-order valence-electron chi connectivity index (χ4n) is 3.71. The molecular weight excluding hydrogens is 413 g/mol. The topological polar surface area (TPSA) is 61.8 Å². The Morgan fingerprint density at radius 1 is 1.32 bits per heavy atom. The Hall–Kier alpha value is -2.19. The molecule has 3 rings (SSSR count). The molecule has 0 spiro atoms. The number of ether oxygens (including phenoxy) is 1. The lowest BCUT2D eigenvalue weighted by Crippen LogP contribution is -2.48. The smallest absolute Gasteiger partial charge is 0.191 e. The summed E-state index contributed by atoms with van der Waals surface area (Å²) in [6, 6.07) is 5.61. The number of hydrogen-bond donors (Lipinski definition) is 2. The molecule has 0 aliphatic carbocycles. The van der Waals surface area contributed by atoms with Crippen LogP contribution in [0.2, 0.25) is 0 Å². The van der Waals surface area contributed by atoms with Gasteiger partial charge in [-0.3, -0.25) is 9.89 Å². The largest absolute Gasteiger partial charge is 0.494 e. The molecular formula is C23H34FN5OS. The van der Waals surface area contributed by atoms with Crippen LogP contribution in [0.1, 0.15) is 42.1 Å². The quantitative estimate of drug-likeness (QED) is 0.454. The van der Waals surface area contributed by atoms with E-state index in [1.165, 1.54) is 12.0 Å². The first-order valence-corrected chi connectivity index (χ1v) is 12.0. The van der Waals surface area contributed by atoms with Crippen LogP contribution in [-0.2, 0) is 19.4 Å². The number of nitrogens with one attached hydrogen (secondary N) is 2. The van der Waals surface area contributed by atoms with Crippen LogP contribution in [0, 0.1) is 5.82 Å². The summed E-state index contributed by atoms with van der Waals surface area (Å²) < 4.78 is 18.9. The molecule has 0 saturated carbocycles. The minimum absolute atomic E-state index is 0.294. The normalized spacial score (nSPS) is 15.8. The van der Waals surface area contributed by atoms with E-state index in [-0.39, 0.29) is 5.82 Å². The van der Waals surface area contributed by atoms with Crippen molar-refractivity contribution >= 4 is 17.3 Å². The maximum Gasteiger partial charge on any atom is 0.191 e. The molecule has 2 heterocycles. The highest BCUT2D eigenvalue weighted by molar-refractivity contribution is 7.11. The van der Waals surface area contributed by atoms with Crippen molar-refractivity contribution in [2.24, 2.45) is 4.99 Å². The molecule has 0 radical (unpaired) electrons. The third-order valence-corrected chi connectivity index (χ3v) is 6.64. The average Bonchev–Trinajstić information content (AvgIpc) is 3.23. The van der Waals surface area contributed by atoms with E-state index >= 15 is 0 Å². The van der Waals surface area contributed by atoms with Crippen LogP contribution in [0.5, 0.6) is 5.75 Å². The van der Waals surface area contributed by atoms with Gasteiger partial charge in [0, 0.05) is 56.3 Å². The monoisotopic (exact) mass is 447 g/mol. The summed E-state index contributed by atoms with van der Waals surface area (Å²) in [4.78, 5) is 12.9. The second-order valence-electron chi connectivity index (χ2n) is 7.75. The van der Waals surface area contributed by atoms with E-state index in [1.54, 1.807) is 23.5 Å². The van der Waals surface area contributed by atoms with Gasteiger partial charge in [-0.2, -0.15) is 0 Å². The second-order valence-corrected chi connectivity index (χ2v) is 8.95. The van der Waals surface area contributed by atoms with Crippen LogP contribution >= 0.6 is 11.3 Å². The number of thiazole rings is 1. The predicted octanol–water partition coefficient (Wildman–Crippen LogP) is 3.62. The molecule has 0 amide bonds. The average molecular weight is 448 g/mol. The second kappa shape index (κ2) is 12.0. The fourth-order valence-corrected chi connectivity index (χ4v) is 4.56. The summed E-state index contributed by atoms with van der Waals surface area (Å²) >= 11 is 1.78. The van der Waals surface area contributed by atoms with Gasteiger partial charge in [0.1, 0.15) is 0 Å². The van der Waals surface area contributed by atoms with Gasteiger partial charge in [-0.05, 0) is 43.9 Å². The lowest BCUT2D eigenvalue weighted by molar-refractivity contribution is 0.198. The van der Waals surface area contributed by atoms with Crippen LogP contribution in [0.15, 0.2) is 29.4 Å². The lowest BCUT2D eigenvalue weighted by atomic mass is 10.0. The molecule has 1 aliphatic rings. The van der Waals surface area contributed by atoms with Gasteiger partial charge in [-0.25, -0.2) is 9.37 Å². The van der Waals surface area contributed by atoms with Crippen molar-refractivity contribution in [2.75, 3.05) is 33.3 Å². The van der Waals surface area contributed by atoms with Gasteiger partial charge in [-0.15, -0.1) is 11.3 Å². The first-order valence-electron chi connectivity index (χ1n) is 11.1. The zero-order valence-electron chi connectivity index (χ0n) is 18.8. The van der Waals surface area contributed by atoms with Crippen LogP contribution in [0.3, 0.4) is 0 Å². The summed E-state index contributed by atoms with van der Waals surface area (Å²) in [5.41, 5.74) is 0.980. The third-order valence-electron chi connectivity index (χ3n) is 5.44. The lowest BCUT2D eigenvalue weighted by Gasteiger charge is -2.33. The molecule has 1 fully saturated rings. The zero-order valence-corrected chi connectivity index (χ0v) is 19.6. The number of methoxy groups -OCH3 is 1. The molecule has 1 saturated heterocycles. The number of guanidine groups is 1. The maximum atomic E-state index is 13.9. The van der Waals surface area contributed by atoms with Crippen molar-refractivity contribution in [1.29, 1.82) is 0 Å². The minimum Gasteiger partial charge on any atom is -0.494 e. The van der Waals surface area contributed by atoms with Crippen molar-refractivity contribution in [3.05, 3.63) is 45.7 Å². The van der Waals surface area contributed by atoms with Crippen LogP contribution in [0.25, 0.3) is 0 Å². The number of piperidine rings is 1. The SMILES string of the molecule is CCNC(=NCCc1ncc(CC)s1)NC1CCN(Cc2ccc(OC)c(F)c2)CC1. The molecule has 1 aliphatic heterocycles. The molecule has 2 aromatic rings. The Bertz CT molecular complexity index is 848. The number of likely N-dealkylation sites (tertiary alicyclic amines) is 1. The summed E-state index contributed by atoms with van der Waals surface area (Å²) in [7, 11) is 1.49. The molecule has 1 aromatic carbocycles. The minimum atomic E-state index is -0.299. The van der Waals surface area contributed by atoms with E-state index in [9.17, 15) is 4.39 Å². The summed E-state index contributed by atoms with van der Waals surface area (Å²) in [6.45, 7) is 8.52. The number of hydrogen-bond acceptors (Lipinski definition) is 5. The Morgan fingerprint density at radius 3 is 2.77 bits per heavy atom. The van der Waals surface area contributed by atoms with E-state index in [1.807, 2.05) is 12.3 Å². The van der Waals surface area contributed by atoms with Crippen LogP contribution in [-0.4, -0.2) is 55.2 Å². The van der Waals surface area contributed by atoms with Gasteiger partial charge in [-0.1, -0.05) is 13.0 Å². The highest BCUT2D eigenvalue weighted by Crippen LogP contribution is 2.20. The summed E-state index contributed by atoms with van der Waals surface area (Å²) in [6.07, 6.45) is 5.96. The van der Waals surface area contributed by atoms with E-state index in [2.05, 4.69) is 34.4 Å². The van der Waals surface area contributed by atoms with Gasteiger partial charge in [0.05, 0.1) is 12.1 Å². The van der Waals surface area contributed by atoms with E-state index < -0.39 is 0 Å². The number of nitrogens with zero attached hydrogens (tertiary/aromatic N) is 3. The van der Waals surface area contributed by atoms with Crippen molar-refractivity contribution in [3.8, 4) is 5.75 Å². The summed E-state index contributed by atoms with van der Waals surface area (Å²) in [5.74, 6) is 0.875. The Kier molecular flexibility index (Phi) is 9.09. The van der Waals surface area contributed by atoms with E-state index in [0.717, 1.165) is 74.9 Å². The zero-order chi connectivity index (χ0) is 22.1. The first kappa shape index (κ1) is 23.5. The van der Waals surface area contributed by atoms with E-state index in [0.29, 0.717) is 11.8 Å². The highest BCUT2D eigenvalue weighted by atomic mass is 32.1. The molecule has 170 valence electrons. The van der Waals surface area contributed by atoms with Crippen LogP contribution < -0.4 is 15.4 Å². The van der Waals surface area contributed by atoms with Crippen molar-refractivity contribution in [2.45, 2.75) is 52.1 Å². The standard InChI is InChI=1S/C23H34FN5OS/c1-4-19-15-27-22(31-19)8-11-26-23(25-5-2)28-18-9-12-29(13-10-18)16-17-6-7-21(30-3)20(24)14-17/h6-7,14-15,18H,4-5,8-13,16H2,1-3H3,(H2,25,26,28).